The van der Waals surface area contributed by atoms with E-state index in [1.54, 1.807) is 34.6 Å². The van der Waals surface area contributed by atoms with Crippen LogP contribution < -0.4 is 0 Å². The molecular formula is C15H26O6. The lowest BCUT2D eigenvalue weighted by atomic mass is 9.89. The molecule has 0 heterocycles. The summed E-state index contributed by atoms with van der Waals surface area (Å²) in [6.45, 7) is 11.5. The molecule has 0 aromatic carbocycles. The molecule has 0 aliphatic heterocycles. The van der Waals surface area contributed by atoms with Gasteiger partial charge in [0.1, 0.15) is 22.9 Å². The van der Waals surface area contributed by atoms with E-state index in [4.69, 9.17) is 4.74 Å². The molecular weight excluding hydrogens is 276 g/mol. The lowest BCUT2D eigenvalue weighted by Crippen LogP contribution is -2.33. The van der Waals surface area contributed by atoms with E-state index in [2.05, 4.69) is 4.74 Å². The van der Waals surface area contributed by atoms with Gasteiger partial charge in [-0.2, -0.15) is 0 Å². The molecule has 1 atom stereocenters. The Bertz CT molecular complexity index is 384. The summed E-state index contributed by atoms with van der Waals surface area (Å²) in [5.74, 6) is -1.82. The van der Waals surface area contributed by atoms with E-state index in [0.717, 1.165) is 0 Å². The molecule has 0 rings (SSSR count). The molecule has 0 saturated heterocycles. The van der Waals surface area contributed by atoms with Crippen LogP contribution in [0.4, 0.5) is 0 Å². The smallest absolute Gasteiger partial charge is 0.319 e. The van der Waals surface area contributed by atoms with Gasteiger partial charge in [-0.05, 0) is 48.5 Å². The van der Waals surface area contributed by atoms with Crippen molar-refractivity contribution in [3.8, 4) is 0 Å². The first-order valence-electron chi connectivity index (χ1n) is 6.87. The molecule has 0 aliphatic carbocycles. The molecule has 0 bridgehead atoms. The third-order valence-corrected chi connectivity index (χ3v) is 2.92. The van der Waals surface area contributed by atoms with Gasteiger partial charge in [-0.15, -0.1) is 0 Å². The largest absolute Gasteiger partial charge is 0.465 e. The minimum absolute atomic E-state index is 0.154. The van der Waals surface area contributed by atoms with Crippen molar-refractivity contribution in [2.45, 2.75) is 48.5 Å². The van der Waals surface area contributed by atoms with Gasteiger partial charge >= 0.3 is 11.9 Å². The summed E-state index contributed by atoms with van der Waals surface area (Å²) in [6, 6.07) is 0. The standard InChI is InChI=1S/C8H14O3.C7H12O3/c1-5-11-7(10)8(3,4)6(2)9;1-4-10-7(9)5(2)6(3)8/h5H2,1-4H3;5H,4H2,1-3H3. The third kappa shape index (κ3) is 8.22. The number of Topliss-reactive ketones (excluding diaryl/α,β-unsaturated/α-hetero) is 2. The van der Waals surface area contributed by atoms with Gasteiger partial charge in [0.25, 0.3) is 0 Å². The summed E-state index contributed by atoms with van der Waals surface area (Å²) in [6.07, 6.45) is 0. The van der Waals surface area contributed by atoms with Crippen molar-refractivity contribution < 1.29 is 28.7 Å². The molecule has 0 saturated carbocycles. The fourth-order valence-electron chi connectivity index (χ4n) is 0.888. The van der Waals surface area contributed by atoms with Crippen LogP contribution in [0.5, 0.6) is 0 Å². The van der Waals surface area contributed by atoms with Gasteiger partial charge in [0.05, 0.1) is 13.2 Å². The molecule has 6 nitrogen and oxygen atoms in total. The summed E-state index contributed by atoms with van der Waals surface area (Å²) < 4.78 is 9.31. The molecule has 0 N–H and O–H groups in total. The van der Waals surface area contributed by atoms with Crippen LogP contribution in [-0.4, -0.2) is 36.7 Å². The highest BCUT2D eigenvalue weighted by Crippen LogP contribution is 2.17. The van der Waals surface area contributed by atoms with Crippen molar-refractivity contribution in [2.24, 2.45) is 11.3 Å². The van der Waals surface area contributed by atoms with Crippen LogP contribution in [0.25, 0.3) is 0 Å². The van der Waals surface area contributed by atoms with E-state index in [1.807, 2.05) is 0 Å². The Hall–Kier alpha value is -1.72. The number of esters is 2. The van der Waals surface area contributed by atoms with Crippen molar-refractivity contribution >= 4 is 23.5 Å². The van der Waals surface area contributed by atoms with Crippen LogP contribution in [-0.2, 0) is 28.7 Å². The lowest BCUT2D eigenvalue weighted by Gasteiger charge is -2.17. The van der Waals surface area contributed by atoms with E-state index in [9.17, 15) is 19.2 Å². The molecule has 0 amide bonds. The van der Waals surface area contributed by atoms with Gasteiger partial charge in [0.15, 0.2) is 0 Å². The van der Waals surface area contributed by atoms with E-state index in [1.165, 1.54) is 13.8 Å². The van der Waals surface area contributed by atoms with E-state index < -0.39 is 23.3 Å². The zero-order valence-corrected chi connectivity index (χ0v) is 13.9. The molecule has 0 aromatic heterocycles. The Labute approximate surface area is 126 Å². The summed E-state index contributed by atoms with van der Waals surface area (Å²) in [7, 11) is 0. The van der Waals surface area contributed by atoms with Crippen LogP contribution in [0.3, 0.4) is 0 Å². The van der Waals surface area contributed by atoms with Gasteiger partial charge in [0.2, 0.25) is 0 Å². The van der Waals surface area contributed by atoms with E-state index in [-0.39, 0.29) is 11.6 Å². The van der Waals surface area contributed by atoms with Gasteiger partial charge in [0, 0.05) is 0 Å². The van der Waals surface area contributed by atoms with Crippen LogP contribution in [0.1, 0.15) is 48.5 Å². The monoisotopic (exact) mass is 302 g/mol. The van der Waals surface area contributed by atoms with Crippen LogP contribution in [0.15, 0.2) is 0 Å². The number of rotatable bonds is 6. The van der Waals surface area contributed by atoms with Crippen LogP contribution in [0.2, 0.25) is 0 Å². The zero-order chi connectivity index (χ0) is 17.2. The van der Waals surface area contributed by atoms with Crippen LogP contribution in [0, 0.1) is 11.3 Å². The maximum atomic E-state index is 11.1. The Balaban J connectivity index is 0. The summed E-state index contributed by atoms with van der Waals surface area (Å²) in [5, 5.41) is 0. The highest BCUT2D eigenvalue weighted by molar-refractivity contribution is 6.01. The first-order chi connectivity index (χ1) is 9.52. The Morgan fingerprint density at radius 1 is 0.952 bits per heavy atom. The number of hydrogen-bond acceptors (Lipinski definition) is 6. The van der Waals surface area contributed by atoms with E-state index >= 15 is 0 Å². The Morgan fingerprint density at radius 2 is 1.38 bits per heavy atom. The maximum Gasteiger partial charge on any atom is 0.319 e. The number of ketones is 2. The second-order valence-electron chi connectivity index (χ2n) is 4.99. The van der Waals surface area contributed by atoms with Crippen molar-refractivity contribution in [1.29, 1.82) is 0 Å². The minimum Gasteiger partial charge on any atom is -0.465 e. The highest BCUT2D eigenvalue weighted by atomic mass is 16.5. The maximum absolute atomic E-state index is 11.1. The van der Waals surface area contributed by atoms with E-state index in [0.29, 0.717) is 13.2 Å². The Kier molecular flexibility index (Phi) is 10.3. The zero-order valence-electron chi connectivity index (χ0n) is 13.9. The lowest BCUT2D eigenvalue weighted by molar-refractivity contribution is -0.157. The molecule has 0 fully saturated rings. The second kappa shape index (κ2) is 10.1. The molecule has 1 unspecified atom stereocenters. The molecule has 0 spiro atoms. The number of carbonyl (C=O) groups is 4. The van der Waals surface area contributed by atoms with Gasteiger partial charge in [-0.25, -0.2) is 0 Å². The first kappa shape index (κ1) is 21.6. The average Bonchev–Trinajstić information content (AvgIpc) is 2.38. The number of carbonyl (C=O) groups excluding carboxylic acids is 4. The first-order valence-corrected chi connectivity index (χ1v) is 6.87. The molecule has 0 aromatic rings. The predicted molar refractivity (Wildman–Crippen MR) is 77.6 cm³/mol. The summed E-state index contributed by atoms with van der Waals surface area (Å²) in [4.78, 5) is 43.2. The number of hydrogen-bond donors (Lipinski definition) is 0. The SMILES string of the molecule is CCOC(=O)C(C)(C)C(C)=O.CCOC(=O)C(C)C(C)=O. The highest BCUT2D eigenvalue weighted by Gasteiger charge is 2.34. The third-order valence-electron chi connectivity index (χ3n) is 2.92. The fraction of sp³-hybridized carbons (Fsp3) is 0.733. The van der Waals surface area contributed by atoms with Gasteiger partial charge < -0.3 is 9.47 Å². The Morgan fingerprint density at radius 3 is 1.67 bits per heavy atom. The quantitative estimate of drug-likeness (QED) is 0.550. The van der Waals surface area contributed by atoms with Crippen molar-refractivity contribution in [3.05, 3.63) is 0 Å². The predicted octanol–water partition coefficient (Wildman–Crippen LogP) is 1.94. The topological polar surface area (TPSA) is 86.7 Å². The van der Waals surface area contributed by atoms with Gasteiger partial charge in [-0.3, -0.25) is 19.2 Å². The molecule has 122 valence electrons. The average molecular weight is 302 g/mol. The van der Waals surface area contributed by atoms with Gasteiger partial charge in [-0.1, -0.05) is 0 Å². The molecule has 6 heteroatoms. The second-order valence-corrected chi connectivity index (χ2v) is 4.99. The van der Waals surface area contributed by atoms with Crippen molar-refractivity contribution in [1.82, 2.24) is 0 Å². The molecule has 0 aliphatic rings. The molecule has 21 heavy (non-hydrogen) atoms. The summed E-state index contributed by atoms with van der Waals surface area (Å²) in [5.41, 5.74) is -0.990. The summed E-state index contributed by atoms with van der Waals surface area (Å²) >= 11 is 0. The van der Waals surface area contributed by atoms with Crippen LogP contribution >= 0.6 is 0 Å². The van der Waals surface area contributed by atoms with Crippen molar-refractivity contribution in [3.63, 3.8) is 0 Å². The molecule has 0 radical (unpaired) electrons. The normalized spacial score (nSPS) is 11.6. The van der Waals surface area contributed by atoms with Crippen molar-refractivity contribution in [2.75, 3.05) is 13.2 Å². The fourth-order valence-corrected chi connectivity index (χ4v) is 0.888. The minimum atomic E-state index is -0.990. The number of ether oxygens (including phenoxy) is 2.